The number of methoxy groups -OCH3 is 1. The molecule has 0 aliphatic heterocycles. The third-order valence-electron chi connectivity index (χ3n) is 7.86. The van der Waals surface area contributed by atoms with Gasteiger partial charge in [-0.2, -0.15) is 0 Å². The normalized spacial score (nSPS) is 16.5. The van der Waals surface area contributed by atoms with Gasteiger partial charge in [0.25, 0.3) is 17.4 Å². The van der Waals surface area contributed by atoms with Crippen molar-refractivity contribution in [1.82, 2.24) is 19.8 Å². The third-order valence-corrected chi connectivity index (χ3v) is 7.86. The number of carbonyl (C=O) groups excluding carboxylic acids is 4. The monoisotopic (exact) mass is 586 g/mol. The van der Waals surface area contributed by atoms with Crippen LogP contribution in [0.4, 0.5) is 0 Å². The van der Waals surface area contributed by atoms with Crippen molar-refractivity contribution in [3.05, 3.63) is 76.2 Å². The van der Waals surface area contributed by atoms with E-state index in [9.17, 15) is 24.0 Å². The van der Waals surface area contributed by atoms with Crippen molar-refractivity contribution in [2.24, 2.45) is 7.05 Å². The van der Waals surface area contributed by atoms with Crippen LogP contribution in [-0.4, -0.2) is 58.5 Å². The lowest BCUT2D eigenvalue weighted by Crippen LogP contribution is -2.46. The lowest BCUT2D eigenvalue weighted by molar-refractivity contribution is -0.146. The summed E-state index contributed by atoms with van der Waals surface area (Å²) in [5.41, 5.74) is 1.35. The number of fused-ring (bicyclic) bond motifs is 3. The highest BCUT2D eigenvalue weighted by atomic mass is 16.5. The van der Waals surface area contributed by atoms with Gasteiger partial charge < -0.3 is 24.7 Å². The number of nitrogens with zero attached hydrogens (tertiary/aromatic N) is 2. The van der Waals surface area contributed by atoms with E-state index >= 15 is 0 Å². The van der Waals surface area contributed by atoms with Crippen molar-refractivity contribution in [2.75, 3.05) is 13.7 Å². The van der Waals surface area contributed by atoms with Crippen LogP contribution in [0.15, 0.2) is 59.4 Å². The molecule has 4 aromatic rings. The molecular weight excluding hydrogens is 552 g/mol. The highest BCUT2D eigenvalue weighted by Gasteiger charge is 2.31. The molecule has 2 atom stereocenters. The number of carbonyl (C=O) groups is 4. The minimum atomic E-state index is -0.532. The Labute approximate surface area is 247 Å². The van der Waals surface area contributed by atoms with Crippen LogP contribution in [0, 0.1) is 0 Å². The number of aromatic nitrogens is 2. The van der Waals surface area contributed by atoms with Crippen LogP contribution >= 0.6 is 0 Å². The Morgan fingerprint density at radius 2 is 1.63 bits per heavy atom. The SMILES string of the molecule is COc1c(C(=O)NC2CCCC(NC(=O)COC(C)=O)C2)n(C)c2c1c(=O)n(CC(=O)c1ccccc1)c1ccccc21. The summed E-state index contributed by atoms with van der Waals surface area (Å²) in [7, 11) is 3.12. The van der Waals surface area contributed by atoms with Gasteiger partial charge >= 0.3 is 5.97 Å². The quantitative estimate of drug-likeness (QED) is 0.227. The predicted molar refractivity (Wildman–Crippen MR) is 160 cm³/mol. The number of ketones is 1. The van der Waals surface area contributed by atoms with Crippen molar-refractivity contribution < 1.29 is 28.7 Å². The van der Waals surface area contributed by atoms with Crippen molar-refractivity contribution in [2.45, 2.75) is 51.2 Å². The van der Waals surface area contributed by atoms with Gasteiger partial charge in [0, 0.05) is 37.0 Å². The zero-order valence-electron chi connectivity index (χ0n) is 24.3. The number of ether oxygens (including phenoxy) is 2. The molecule has 0 radical (unpaired) electrons. The second kappa shape index (κ2) is 12.5. The van der Waals surface area contributed by atoms with E-state index < -0.39 is 23.3 Å². The van der Waals surface area contributed by atoms with Gasteiger partial charge in [0.05, 0.1) is 24.7 Å². The average Bonchev–Trinajstić information content (AvgIpc) is 3.31. The van der Waals surface area contributed by atoms with Crippen LogP contribution in [0.1, 0.15) is 53.5 Å². The van der Waals surface area contributed by atoms with Gasteiger partial charge in [-0.25, -0.2) is 0 Å². The maximum atomic E-state index is 14.0. The summed E-state index contributed by atoms with van der Waals surface area (Å²) in [5, 5.41) is 6.84. The fourth-order valence-corrected chi connectivity index (χ4v) is 5.94. The van der Waals surface area contributed by atoms with Crippen LogP contribution in [0.25, 0.3) is 21.8 Å². The number of Topliss-reactive ketones (excluding diaryl/α,β-unsaturated/α-hetero) is 1. The number of aryl methyl sites for hydroxylation is 1. The smallest absolute Gasteiger partial charge is 0.303 e. The summed E-state index contributed by atoms with van der Waals surface area (Å²) in [5.74, 6) is -1.42. The van der Waals surface area contributed by atoms with Crippen LogP contribution in [0.5, 0.6) is 5.75 Å². The lowest BCUT2D eigenvalue weighted by Gasteiger charge is -2.30. The predicted octanol–water partition coefficient (Wildman–Crippen LogP) is 3.11. The fraction of sp³-hybridized carbons (Fsp3) is 0.344. The maximum Gasteiger partial charge on any atom is 0.303 e. The minimum Gasteiger partial charge on any atom is -0.493 e. The Hall–Kier alpha value is -4.93. The molecule has 11 nitrogen and oxygen atoms in total. The molecule has 43 heavy (non-hydrogen) atoms. The number of para-hydroxylation sites is 1. The average molecular weight is 587 g/mol. The molecule has 5 rings (SSSR count). The molecule has 2 amide bonds. The van der Waals surface area contributed by atoms with Gasteiger partial charge in [-0.1, -0.05) is 48.5 Å². The molecule has 1 saturated carbocycles. The van der Waals surface area contributed by atoms with Crippen LogP contribution in [-0.2, 0) is 27.9 Å². The van der Waals surface area contributed by atoms with E-state index in [1.807, 2.05) is 18.2 Å². The van der Waals surface area contributed by atoms with Gasteiger partial charge in [-0.15, -0.1) is 0 Å². The molecule has 2 heterocycles. The fourth-order valence-electron chi connectivity index (χ4n) is 5.94. The Kier molecular flexibility index (Phi) is 8.61. The first-order valence-corrected chi connectivity index (χ1v) is 14.2. The van der Waals surface area contributed by atoms with Gasteiger partial charge in [0.1, 0.15) is 5.39 Å². The second-order valence-corrected chi connectivity index (χ2v) is 10.7. The summed E-state index contributed by atoms with van der Waals surface area (Å²) in [4.78, 5) is 64.1. The molecule has 224 valence electrons. The van der Waals surface area contributed by atoms with E-state index in [1.54, 1.807) is 48.0 Å². The summed E-state index contributed by atoms with van der Waals surface area (Å²) in [6, 6.07) is 15.6. The van der Waals surface area contributed by atoms with E-state index in [2.05, 4.69) is 10.6 Å². The van der Waals surface area contributed by atoms with Gasteiger partial charge in [-0.05, 0) is 31.7 Å². The highest BCUT2D eigenvalue weighted by molar-refractivity contribution is 6.12. The van der Waals surface area contributed by atoms with E-state index in [0.717, 1.165) is 12.8 Å². The standard InChI is InChI=1S/C32H34N4O7/c1-19(37)43-18-26(39)33-21-12-9-13-22(16-21)34-31(40)29-30(42-3)27-28(35(29)2)23-14-7-8-15-24(23)36(32(27)41)17-25(38)20-10-5-4-6-11-20/h4-8,10-11,14-15,21-22H,9,12-13,16-18H2,1-3H3,(H,33,39)(H,34,40). The number of nitrogens with one attached hydrogen (secondary N) is 2. The molecule has 2 N–H and O–H groups in total. The third kappa shape index (κ3) is 6.01. The first kappa shape index (κ1) is 29.6. The Morgan fingerprint density at radius 3 is 2.33 bits per heavy atom. The molecule has 0 bridgehead atoms. The number of benzene rings is 2. The molecule has 2 aromatic carbocycles. The van der Waals surface area contributed by atoms with E-state index in [4.69, 9.17) is 9.47 Å². The summed E-state index contributed by atoms with van der Waals surface area (Å²) < 4.78 is 13.6. The van der Waals surface area contributed by atoms with Crippen molar-refractivity contribution >= 4 is 45.4 Å². The molecule has 0 saturated heterocycles. The minimum absolute atomic E-state index is 0.133. The number of hydrogen-bond acceptors (Lipinski definition) is 7. The van der Waals surface area contributed by atoms with E-state index in [-0.39, 0.29) is 47.8 Å². The molecule has 11 heteroatoms. The molecule has 2 aromatic heterocycles. The molecule has 0 spiro atoms. The van der Waals surface area contributed by atoms with Gasteiger partial charge in [-0.3, -0.25) is 28.5 Å². The van der Waals surface area contributed by atoms with Gasteiger partial charge in [0.2, 0.25) is 0 Å². The largest absolute Gasteiger partial charge is 0.493 e. The summed E-state index contributed by atoms with van der Waals surface area (Å²) in [6.07, 6.45) is 2.73. The molecular formula is C32H34N4O7. The number of rotatable bonds is 9. The Balaban J connectivity index is 1.47. The maximum absolute atomic E-state index is 14.0. The molecule has 2 unspecified atom stereocenters. The van der Waals surface area contributed by atoms with E-state index in [1.165, 1.54) is 18.6 Å². The van der Waals surface area contributed by atoms with Crippen molar-refractivity contribution in [3.63, 3.8) is 0 Å². The Morgan fingerprint density at radius 1 is 0.953 bits per heavy atom. The van der Waals surface area contributed by atoms with Crippen LogP contribution < -0.4 is 20.9 Å². The zero-order valence-corrected chi connectivity index (χ0v) is 24.3. The number of esters is 1. The number of hydrogen-bond donors (Lipinski definition) is 2. The van der Waals surface area contributed by atoms with Crippen molar-refractivity contribution in [3.8, 4) is 5.75 Å². The lowest BCUT2D eigenvalue weighted by atomic mass is 9.91. The van der Waals surface area contributed by atoms with Crippen molar-refractivity contribution in [1.29, 1.82) is 0 Å². The Bertz CT molecular complexity index is 1770. The van der Waals surface area contributed by atoms with Crippen LogP contribution in [0.3, 0.4) is 0 Å². The summed E-state index contributed by atoms with van der Waals surface area (Å²) >= 11 is 0. The molecule has 1 aliphatic rings. The molecule has 1 fully saturated rings. The van der Waals surface area contributed by atoms with E-state index in [0.29, 0.717) is 34.8 Å². The molecule has 1 aliphatic carbocycles. The second-order valence-electron chi connectivity index (χ2n) is 10.7. The summed E-state index contributed by atoms with van der Waals surface area (Å²) in [6.45, 7) is 0.715. The van der Waals surface area contributed by atoms with Gasteiger partial charge in [0.15, 0.2) is 23.8 Å². The number of amides is 2. The van der Waals surface area contributed by atoms with Crippen LogP contribution in [0.2, 0.25) is 0 Å². The first-order chi connectivity index (χ1) is 20.7. The number of pyridine rings is 1. The zero-order chi connectivity index (χ0) is 30.7. The first-order valence-electron chi connectivity index (χ1n) is 14.2. The highest BCUT2D eigenvalue weighted by Crippen LogP contribution is 2.35. The topological polar surface area (TPSA) is 138 Å².